The van der Waals surface area contributed by atoms with Crippen molar-refractivity contribution < 1.29 is 14.3 Å². The molecular weight excluding hydrogens is 302 g/mol. The Morgan fingerprint density at radius 1 is 1.25 bits per heavy atom. The van der Waals surface area contributed by atoms with E-state index in [1.165, 1.54) is 0 Å². The number of hydrogen-bond acceptors (Lipinski definition) is 4. The first-order valence-electron chi connectivity index (χ1n) is 9.15. The summed E-state index contributed by atoms with van der Waals surface area (Å²) < 4.78 is 11.9. The van der Waals surface area contributed by atoms with Crippen molar-refractivity contribution >= 4 is 5.97 Å². The minimum absolute atomic E-state index is 0.139. The molecule has 0 amide bonds. The summed E-state index contributed by atoms with van der Waals surface area (Å²) in [7, 11) is 0. The maximum Gasteiger partial charge on any atom is 0.323 e. The third kappa shape index (κ3) is 5.52. The zero-order valence-electron chi connectivity index (χ0n) is 15.1. The standard InChI is InChI=1S/C20H31NO3/c1-14(2)12-13-16-8-7-11-18(21)20(22)23-15(3)19(16)24-17-9-5-4-6-10-17/h4-6,9-10,14-16,18-19H,7-8,11-13,21H2,1-3H3/t15-,16+,18-,19-/m0/s1. The van der Waals surface area contributed by atoms with Gasteiger partial charge in [0.05, 0.1) is 0 Å². The van der Waals surface area contributed by atoms with E-state index in [0.717, 1.165) is 31.4 Å². The van der Waals surface area contributed by atoms with Gasteiger partial charge in [-0.1, -0.05) is 44.9 Å². The van der Waals surface area contributed by atoms with Crippen LogP contribution in [-0.4, -0.2) is 24.2 Å². The van der Waals surface area contributed by atoms with Gasteiger partial charge in [0.1, 0.15) is 24.0 Å². The quantitative estimate of drug-likeness (QED) is 0.829. The zero-order valence-corrected chi connectivity index (χ0v) is 15.1. The Labute approximate surface area is 145 Å². The summed E-state index contributed by atoms with van der Waals surface area (Å²) in [4.78, 5) is 12.1. The summed E-state index contributed by atoms with van der Waals surface area (Å²) in [6.07, 6.45) is 4.40. The van der Waals surface area contributed by atoms with Gasteiger partial charge >= 0.3 is 5.97 Å². The second kappa shape index (κ2) is 9.07. The molecule has 0 unspecified atom stereocenters. The highest BCUT2D eigenvalue weighted by molar-refractivity contribution is 5.75. The van der Waals surface area contributed by atoms with Gasteiger partial charge in [-0.05, 0) is 50.2 Å². The number of benzene rings is 1. The molecule has 134 valence electrons. The van der Waals surface area contributed by atoms with Gasteiger partial charge in [-0.15, -0.1) is 0 Å². The number of hydrogen-bond donors (Lipinski definition) is 1. The highest BCUT2D eigenvalue weighted by atomic mass is 16.6. The predicted molar refractivity (Wildman–Crippen MR) is 95.8 cm³/mol. The van der Waals surface area contributed by atoms with Gasteiger partial charge in [-0.25, -0.2) is 0 Å². The van der Waals surface area contributed by atoms with Crippen LogP contribution in [0.4, 0.5) is 0 Å². The molecule has 4 atom stereocenters. The van der Waals surface area contributed by atoms with Crippen LogP contribution >= 0.6 is 0 Å². The van der Waals surface area contributed by atoms with Crippen molar-refractivity contribution in [1.29, 1.82) is 0 Å². The first-order chi connectivity index (χ1) is 11.5. The van der Waals surface area contributed by atoms with E-state index >= 15 is 0 Å². The van der Waals surface area contributed by atoms with Gasteiger partial charge in [0.2, 0.25) is 0 Å². The van der Waals surface area contributed by atoms with Crippen LogP contribution in [0.5, 0.6) is 5.75 Å². The van der Waals surface area contributed by atoms with Gasteiger partial charge in [-0.3, -0.25) is 4.79 Å². The van der Waals surface area contributed by atoms with Crippen LogP contribution in [-0.2, 0) is 9.53 Å². The number of carbonyl (C=O) groups excluding carboxylic acids is 1. The Morgan fingerprint density at radius 3 is 2.62 bits per heavy atom. The maximum absolute atomic E-state index is 12.1. The fourth-order valence-electron chi connectivity index (χ4n) is 3.31. The third-order valence-electron chi connectivity index (χ3n) is 4.75. The highest BCUT2D eigenvalue weighted by Gasteiger charge is 2.34. The molecule has 4 nitrogen and oxygen atoms in total. The Hall–Kier alpha value is -1.55. The molecule has 2 rings (SSSR count). The molecule has 1 aliphatic heterocycles. The van der Waals surface area contributed by atoms with Gasteiger partial charge in [0.25, 0.3) is 0 Å². The van der Waals surface area contributed by atoms with Crippen molar-refractivity contribution in [2.24, 2.45) is 17.6 Å². The molecule has 1 aliphatic rings. The highest BCUT2D eigenvalue weighted by Crippen LogP contribution is 2.29. The lowest BCUT2D eigenvalue weighted by Crippen LogP contribution is -2.41. The van der Waals surface area contributed by atoms with E-state index in [2.05, 4.69) is 13.8 Å². The minimum Gasteiger partial charge on any atom is -0.486 e. The molecule has 0 aliphatic carbocycles. The SMILES string of the molecule is CC(C)CC[C@H]1CCC[C@H](N)C(=O)O[C@@H](C)[C@@H]1Oc1ccccc1. The van der Waals surface area contributed by atoms with Crippen molar-refractivity contribution in [2.75, 3.05) is 0 Å². The van der Waals surface area contributed by atoms with Crippen LogP contribution < -0.4 is 10.5 Å². The van der Waals surface area contributed by atoms with Crippen LogP contribution in [0.2, 0.25) is 0 Å². The number of rotatable bonds is 5. The van der Waals surface area contributed by atoms with Crippen LogP contribution in [0.15, 0.2) is 30.3 Å². The lowest BCUT2D eigenvalue weighted by molar-refractivity contribution is -0.155. The molecule has 0 saturated carbocycles. The number of cyclic esters (lactones) is 1. The van der Waals surface area contributed by atoms with Crippen LogP contribution in [0.25, 0.3) is 0 Å². The van der Waals surface area contributed by atoms with E-state index < -0.39 is 6.04 Å². The van der Waals surface area contributed by atoms with E-state index in [4.69, 9.17) is 15.2 Å². The monoisotopic (exact) mass is 333 g/mol. The first-order valence-corrected chi connectivity index (χ1v) is 9.15. The Balaban J connectivity index is 2.18. The normalized spacial score (nSPS) is 28.6. The average Bonchev–Trinajstić information content (AvgIpc) is 2.60. The zero-order chi connectivity index (χ0) is 17.5. The number of nitrogens with two attached hydrogens (primary N) is 1. The summed E-state index contributed by atoms with van der Waals surface area (Å²) in [6.45, 7) is 6.40. The van der Waals surface area contributed by atoms with E-state index in [1.54, 1.807) is 0 Å². The number of carbonyl (C=O) groups is 1. The molecule has 1 fully saturated rings. The van der Waals surface area contributed by atoms with Crippen molar-refractivity contribution in [1.82, 2.24) is 0 Å². The van der Waals surface area contributed by atoms with Crippen LogP contribution in [0, 0.1) is 11.8 Å². The van der Waals surface area contributed by atoms with Gasteiger partial charge < -0.3 is 15.2 Å². The minimum atomic E-state index is -0.520. The van der Waals surface area contributed by atoms with Crippen molar-refractivity contribution in [3.63, 3.8) is 0 Å². The summed E-state index contributed by atoms with van der Waals surface area (Å²) in [5, 5.41) is 0. The predicted octanol–water partition coefficient (Wildman–Crippen LogP) is 3.93. The topological polar surface area (TPSA) is 61.6 Å². The molecule has 4 heteroatoms. The van der Waals surface area contributed by atoms with Crippen molar-refractivity contribution in [3.05, 3.63) is 30.3 Å². The fourth-order valence-corrected chi connectivity index (χ4v) is 3.31. The van der Waals surface area contributed by atoms with Crippen molar-refractivity contribution in [3.8, 4) is 5.75 Å². The lowest BCUT2D eigenvalue weighted by Gasteiger charge is -2.32. The molecule has 1 aromatic carbocycles. The van der Waals surface area contributed by atoms with Gasteiger partial charge in [0, 0.05) is 0 Å². The van der Waals surface area contributed by atoms with Crippen LogP contribution in [0.1, 0.15) is 52.9 Å². The molecule has 24 heavy (non-hydrogen) atoms. The number of ether oxygens (including phenoxy) is 2. The first kappa shape index (κ1) is 18.8. The van der Waals surface area contributed by atoms with E-state index in [0.29, 0.717) is 18.3 Å². The second-order valence-electron chi connectivity index (χ2n) is 7.31. The Morgan fingerprint density at radius 2 is 1.96 bits per heavy atom. The molecule has 0 spiro atoms. The average molecular weight is 333 g/mol. The molecule has 0 radical (unpaired) electrons. The third-order valence-corrected chi connectivity index (χ3v) is 4.75. The molecule has 1 saturated heterocycles. The van der Waals surface area contributed by atoms with E-state index in [9.17, 15) is 4.79 Å². The molecular formula is C20H31NO3. The second-order valence-corrected chi connectivity index (χ2v) is 7.31. The Bertz CT molecular complexity index is 503. The van der Waals surface area contributed by atoms with Gasteiger partial charge in [-0.2, -0.15) is 0 Å². The molecule has 2 N–H and O–H groups in total. The Kier molecular flexibility index (Phi) is 7.10. The largest absolute Gasteiger partial charge is 0.486 e. The van der Waals surface area contributed by atoms with Crippen molar-refractivity contribution in [2.45, 2.75) is 71.1 Å². The lowest BCUT2D eigenvalue weighted by atomic mass is 9.86. The van der Waals surface area contributed by atoms with Gasteiger partial charge in [0.15, 0.2) is 0 Å². The smallest absolute Gasteiger partial charge is 0.323 e. The van der Waals surface area contributed by atoms with E-state index in [1.807, 2.05) is 37.3 Å². The number of para-hydroxylation sites is 1. The summed E-state index contributed by atoms with van der Waals surface area (Å²) >= 11 is 0. The summed E-state index contributed by atoms with van der Waals surface area (Å²) in [6, 6.07) is 9.27. The van der Waals surface area contributed by atoms with Crippen LogP contribution in [0.3, 0.4) is 0 Å². The summed E-state index contributed by atoms with van der Waals surface area (Å²) in [5.41, 5.74) is 5.93. The van der Waals surface area contributed by atoms with E-state index in [-0.39, 0.29) is 18.2 Å². The fraction of sp³-hybridized carbons (Fsp3) is 0.650. The molecule has 0 aromatic heterocycles. The summed E-state index contributed by atoms with van der Waals surface area (Å²) in [5.74, 6) is 1.52. The molecule has 1 aromatic rings. The number of esters is 1. The molecule has 1 heterocycles. The molecule has 0 bridgehead atoms. The maximum atomic E-state index is 12.1.